The predicted octanol–water partition coefficient (Wildman–Crippen LogP) is 0.844. The second-order valence-electron chi connectivity index (χ2n) is 6.48. The van der Waals surface area contributed by atoms with Crippen LogP contribution in [0.1, 0.15) is 46.5 Å². The molecule has 1 atom stereocenters. The van der Waals surface area contributed by atoms with E-state index in [1.807, 2.05) is 0 Å². The molecule has 1 saturated carbocycles. The highest BCUT2D eigenvalue weighted by atomic mass is 16.4. The topological polar surface area (TPSA) is 108 Å². The molecule has 21 heavy (non-hydrogen) atoms. The van der Waals surface area contributed by atoms with Gasteiger partial charge in [-0.15, -0.1) is 0 Å². The van der Waals surface area contributed by atoms with Crippen molar-refractivity contribution in [2.75, 3.05) is 6.54 Å². The van der Waals surface area contributed by atoms with Crippen molar-refractivity contribution in [1.82, 2.24) is 16.0 Å². The van der Waals surface area contributed by atoms with Gasteiger partial charge in [0.1, 0.15) is 6.04 Å². The first-order chi connectivity index (χ1) is 9.70. The number of amides is 3. The van der Waals surface area contributed by atoms with Crippen LogP contribution in [0.2, 0.25) is 0 Å². The van der Waals surface area contributed by atoms with E-state index in [1.54, 1.807) is 20.8 Å². The highest BCUT2D eigenvalue weighted by Gasteiger charge is 2.32. The summed E-state index contributed by atoms with van der Waals surface area (Å²) >= 11 is 0. The van der Waals surface area contributed by atoms with Crippen LogP contribution in [0.3, 0.4) is 0 Å². The molecule has 1 fully saturated rings. The highest BCUT2D eigenvalue weighted by molar-refractivity contribution is 5.83. The van der Waals surface area contributed by atoms with Crippen LogP contribution in [0.5, 0.6) is 0 Å². The summed E-state index contributed by atoms with van der Waals surface area (Å²) in [6.07, 6.45) is 2.99. The third-order valence-corrected chi connectivity index (χ3v) is 3.20. The molecule has 1 aliphatic rings. The lowest BCUT2D eigenvalue weighted by Crippen LogP contribution is -2.52. The van der Waals surface area contributed by atoms with E-state index in [0.29, 0.717) is 25.4 Å². The Morgan fingerprint density at radius 1 is 1.24 bits per heavy atom. The van der Waals surface area contributed by atoms with Crippen molar-refractivity contribution in [1.29, 1.82) is 0 Å². The van der Waals surface area contributed by atoms with E-state index in [4.69, 9.17) is 5.11 Å². The number of hydrogen-bond donors (Lipinski definition) is 4. The van der Waals surface area contributed by atoms with Gasteiger partial charge in [0.25, 0.3) is 0 Å². The van der Waals surface area contributed by atoms with E-state index in [2.05, 4.69) is 16.0 Å². The maximum Gasteiger partial charge on any atom is 0.326 e. The average molecular weight is 299 g/mol. The minimum atomic E-state index is -1.07. The maximum atomic E-state index is 11.7. The number of carbonyl (C=O) groups excluding carboxylic acids is 2. The zero-order valence-electron chi connectivity index (χ0n) is 12.9. The number of urea groups is 1. The smallest absolute Gasteiger partial charge is 0.326 e. The van der Waals surface area contributed by atoms with E-state index in [1.165, 1.54) is 0 Å². The lowest BCUT2D eigenvalue weighted by molar-refractivity contribution is -0.141. The fourth-order valence-corrected chi connectivity index (χ4v) is 1.81. The van der Waals surface area contributed by atoms with Crippen molar-refractivity contribution in [3.8, 4) is 0 Å². The number of nitrogens with one attached hydrogen (secondary N) is 3. The van der Waals surface area contributed by atoms with Gasteiger partial charge in [0.05, 0.1) is 0 Å². The molecule has 0 saturated heterocycles. The Hall–Kier alpha value is -1.79. The lowest BCUT2D eigenvalue weighted by Gasteiger charge is -2.27. The average Bonchev–Trinajstić information content (AvgIpc) is 3.13. The molecule has 1 unspecified atom stereocenters. The first kappa shape index (κ1) is 17.3. The molecule has 0 aromatic rings. The molecule has 0 bridgehead atoms. The van der Waals surface area contributed by atoms with Crippen LogP contribution in [-0.4, -0.2) is 41.6 Å². The molecule has 1 aliphatic carbocycles. The van der Waals surface area contributed by atoms with Crippen LogP contribution in [0, 0.1) is 5.41 Å². The van der Waals surface area contributed by atoms with Gasteiger partial charge in [-0.25, -0.2) is 9.59 Å². The first-order valence-electron chi connectivity index (χ1n) is 7.26. The standard InChI is InChI=1S/C14H25N3O4/c1-14(2,3)11(12(19)20)17-13(21)15-8-4-5-10(18)16-9-6-7-9/h9,11H,4-8H2,1-3H3,(H,16,18)(H,19,20)(H2,15,17,21). The van der Waals surface area contributed by atoms with E-state index in [0.717, 1.165) is 12.8 Å². The summed E-state index contributed by atoms with van der Waals surface area (Å²) in [6, 6.07) is -1.15. The SMILES string of the molecule is CC(C)(C)C(NC(=O)NCCCC(=O)NC1CC1)C(=O)O. The third kappa shape index (κ3) is 6.97. The summed E-state index contributed by atoms with van der Waals surface area (Å²) in [4.78, 5) is 34.2. The van der Waals surface area contributed by atoms with Crippen LogP contribution < -0.4 is 16.0 Å². The predicted molar refractivity (Wildman–Crippen MR) is 77.8 cm³/mol. The number of rotatable bonds is 7. The Bertz CT molecular complexity index is 400. The Balaban J connectivity index is 2.20. The zero-order valence-corrected chi connectivity index (χ0v) is 12.9. The summed E-state index contributed by atoms with van der Waals surface area (Å²) in [5.41, 5.74) is -0.576. The Morgan fingerprint density at radius 3 is 2.33 bits per heavy atom. The van der Waals surface area contributed by atoms with Crippen molar-refractivity contribution in [3.63, 3.8) is 0 Å². The molecular formula is C14H25N3O4. The molecule has 0 heterocycles. The molecular weight excluding hydrogens is 274 g/mol. The second-order valence-corrected chi connectivity index (χ2v) is 6.48. The van der Waals surface area contributed by atoms with Gasteiger partial charge in [0, 0.05) is 19.0 Å². The molecule has 7 heteroatoms. The van der Waals surface area contributed by atoms with Gasteiger partial charge in [0.2, 0.25) is 5.91 Å². The molecule has 0 aliphatic heterocycles. The lowest BCUT2D eigenvalue weighted by atomic mass is 9.87. The van der Waals surface area contributed by atoms with E-state index < -0.39 is 23.5 Å². The fourth-order valence-electron chi connectivity index (χ4n) is 1.81. The summed E-state index contributed by atoms with van der Waals surface area (Å²) in [6.45, 7) is 5.57. The molecule has 0 radical (unpaired) electrons. The van der Waals surface area contributed by atoms with Gasteiger partial charge in [-0.05, 0) is 24.7 Å². The molecule has 4 N–H and O–H groups in total. The van der Waals surface area contributed by atoms with Gasteiger partial charge >= 0.3 is 12.0 Å². The fraction of sp³-hybridized carbons (Fsp3) is 0.786. The molecule has 0 aromatic heterocycles. The first-order valence-corrected chi connectivity index (χ1v) is 7.26. The molecule has 1 rings (SSSR count). The van der Waals surface area contributed by atoms with Crippen LogP contribution in [0.15, 0.2) is 0 Å². The van der Waals surface area contributed by atoms with Crippen molar-refractivity contribution in [2.45, 2.75) is 58.5 Å². The van der Waals surface area contributed by atoms with Gasteiger partial charge in [-0.2, -0.15) is 0 Å². The number of aliphatic carboxylic acids is 1. The summed E-state index contributed by atoms with van der Waals surface area (Å²) in [5, 5.41) is 17.0. The van der Waals surface area contributed by atoms with Gasteiger partial charge in [-0.3, -0.25) is 4.79 Å². The zero-order chi connectivity index (χ0) is 16.0. The van der Waals surface area contributed by atoms with Crippen molar-refractivity contribution < 1.29 is 19.5 Å². The summed E-state index contributed by atoms with van der Waals surface area (Å²) in [7, 11) is 0. The Morgan fingerprint density at radius 2 is 1.86 bits per heavy atom. The maximum absolute atomic E-state index is 11.7. The highest BCUT2D eigenvalue weighted by Crippen LogP contribution is 2.19. The van der Waals surface area contributed by atoms with Gasteiger partial charge in [-0.1, -0.05) is 20.8 Å². The molecule has 0 aromatic carbocycles. The van der Waals surface area contributed by atoms with Crippen molar-refractivity contribution in [3.05, 3.63) is 0 Å². The minimum Gasteiger partial charge on any atom is -0.480 e. The van der Waals surface area contributed by atoms with Crippen LogP contribution >= 0.6 is 0 Å². The summed E-state index contributed by atoms with van der Waals surface area (Å²) < 4.78 is 0. The number of hydrogen-bond acceptors (Lipinski definition) is 3. The van der Waals surface area contributed by atoms with Gasteiger partial charge in [0.15, 0.2) is 0 Å². The molecule has 120 valence electrons. The van der Waals surface area contributed by atoms with Crippen molar-refractivity contribution in [2.24, 2.45) is 5.41 Å². The van der Waals surface area contributed by atoms with E-state index in [-0.39, 0.29) is 5.91 Å². The van der Waals surface area contributed by atoms with Crippen LogP contribution in [0.4, 0.5) is 4.79 Å². The second kappa shape index (κ2) is 7.28. The number of carboxylic acid groups (broad SMARTS) is 1. The van der Waals surface area contributed by atoms with E-state index in [9.17, 15) is 14.4 Å². The Kier molecular flexibility index (Phi) is 5.99. The number of carboxylic acids is 1. The summed E-state index contributed by atoms with van der Waals surface area (Å²) in [5.74, 6) is -1.07. The van der Waals surface area contributed by atoms with Gasteiger partial charge < -0.3 is 21.1 Å². The normalized spacial score (nSPS) is 16.0. The monoisotopic (exact) mass is 299 g/mol. The largest absolute Gasteiger partial charge is 0.480 e. The quantitative estimate of drug-likeness (QED) is 0.522. The number of carbonyl (C=O) groups is 3. The van der Waals surface area contributed by atoms with E-state index >= 15 is 0 Å². The third-order valence-electron chi connectivity index (χ3n) is 3.20. The van der Waals surface area contributed by atoms with Crippen LogP contribution in [-0.2, 0) is 9.59 Å². The minimum absolute atomic E-state index is 0.00203. The Labute approximate surface area is 124 Å². The van der Waals surface area contributed by atoms with Crippen molar-refractivity contribution >= 4 is 17.9 Å². The molecule has 0 spiro atoms. The molecule has 7 nitrogen and oxygen atoms in total. The molecule has 3 amide bonds. The van der Waals surface area contributed by atoms with Crippen LogP contribution in [0.25, 0.3) is 0 Å².